The molecule has 9 nitrogen and oxygen atoms in total. The van der Waals surface area contributed by atoms with Crippen molar-refractivity contribution < 1.29 is 9.53 Å². The van der Waals surface area contributed by atoms with Gasteiger partial charge in [-0.3, -0.25) is 14.6 Å². The Kier molecular flexibility index (Phi) is 5.20. The van der Waals surface area contributed by atoms with Gasteiger partial charge in [-0.15, -0.1) is 0 Å². The molecule has 0 aliphatic heterocycles. The van der Waals surface area contributed by atoms with E-state index in [0.717, 1.165) is 11.3 Å². The van der Waals surface area contributed by atoms with Crippen molar-refractivity contribution in [3.63, 3.8) is 0 Å². The standard InChI is InChI=1S/C18H19N5O4/c1-11(21-16(24)7-12-8-19-18(26)22-17(12)25)13-9-20-23(10-13)14-5-3-4-6-15(14)27-2/h3-6,8-11H,7H2,1-2H3,(H,21,24)(H2,19,22,25,26)/t11-/m0/s1. The molecule has 0 radical (unpaired) electrons. The van der Waals surface area contributed by atoms with Crippen molar-refractivity contribution in [3.05, 3.63) is 74.8 Å². The van der Waals surface area contributed by atoms with E-state index in [1.54, 1.807) is 24.2 Å². The van der Waals surface area contributed by atoms with E-state index in [4.69, 9.17) is 4.74 Å². The summed E-state index contributed by atoms with van der Waals surface area (Å²) in [5.41, 5.74) is 0.574. The monoisotopic (exact) mass is 369 g/mol. The highest BCUT2D eigenvalue weighted by Gasteiger charge is 2.15. The van der Waals surface area contributed by atoms with Crippen LogP contribution in [0.25, 0.3) is 5.69 Å². The molecular formula is C18H19N5O4. The number of rotatable bonds is 6. The number of H-pyrrole nitrogens is 2. The lowest BCUT2D eigenvalue weighted by Crippen LogP contribution is -2.32. The van der Waals surface area contributed by atoms with Gasteiger partial charge < -0.3 is 15.0 Å². The molecule has 2 heterocycles. The highest BCUT2D eigenvalue weighted by Crippen LogP contribution is 2.22. The first-order valence-electron chi connectivity index (χ1n) is 8.26. The largest absolute Gasteiger partial charge is 0.494 e. The van der Waals surface area contributed by atoms with Crippen LogP contribution >= 0.6 is 0 Å². The Labute approximate surface area is 154 Å². The van der Waals surface area contributed by atoms with E-state index in [0.29, 0.717) is 5.75 Å². The van der Waals surface area contributed by atoms with E-state index in [1.807, 2.05) is 31.2 Å². The van der Waals surface area contributed by atoms with Crippen LogP contribution in [0.3, 0.4) is 0 Å². The second kappa shape index (κ2) is 7.73. The summed E-state index contributed by atoms with van der Waals surface area (Å²) in [4.78, 5) is 39.3. The first kappa shape index (κ1) is 18.2. The molecule has 3 aromatic rings. The molecule has 9 heteroatoms. The van der Waals surface area contributed by atoms with Crippen LogP contribution in [0.1, 0.15) is 24.1 Å². The van der Waals surface area contributed by atoms with E-state index in [9.17, 15) is 14.4 Å². The number of aromatic amines is 2. The molecule has 0 aliphatic rings. The first-order chi connectivity index (χ1) is 13.0. The number of hydrogen-bond donors (Lipinski definition) is 3. The highest BCUT2D eigenvalue weighted by molar-refractivity contribution is 5.78. The third kappa shape index (κ3) is 4.14. The van der Waals surface area contributed by atoms with Gasteiger partial charge in [0.1, 0.15) is 11.4 Å². The number of nitrogens with one attached hydrogen (secondary N) is 3. The normalized spacial score (nSPS) is 11.8. The molecule has 0 aliphatic carbocycles. The number of para-hydroxylation sites is 2. The zero-order chi connectivity index (χ0) is 19.4. The number of carbonyl (C=O) groups excluding carboxylic acids is 1. The molecule has 0 saturated carbocycles. The number of methoxy groups -OCH3 is 1. The lowest BCUT2D eigenvalue weighted by atomic mass is 10.1. The average Bonchev–Trinajstić information content (AvgIpc) is 3.14. The topological polar surface area (TPSA) is 122 Å². The minimum absolute atomic E-state index is 0.142. The fourth-order valence-corrected chi connectivity index (χ4v) is 2.63. The summed E-state index contributed by atoms with van der Waals surface area (Å²) in [5.74, 6) is 0.339. The number of hydrogen-bond acceptors (Lipinski definition) is 5. The fraction of sp³-hybridized carbons (Fsp3) is 0.222. The van der Waals surface area contributed by atoms with Gasteiger partial charge in [0.25, 0.3) is 5.56 Å². The van der Waals surface area contributed by atoms with Gasteiger partial charge in [0.15, 0.2) is 0 Å². The number of ether oxygens (including phenoxy) is 1. The molecule has 3 rings (SSSR count). The number of benzene rings is 1. The summed E-state index contributed by atoms with van der Waals surface area (Å²) in [5, 5.41) is 7.13. The summed E-state index contributed by atoms with van der Waals surface area (Å²) in [6.07, 6.45) is 4.56. The van der Waals surface area contributed by atoms with Crippen LogP contribution in [0.5, 0.6) is 5.75 Å². The summed E-state index contributed by atoms with van der Waals surface area (Å²) in [6.45, 7) is 1.82. The van der Waals surface area contributed by atoms with E-state index < -0.39 is 11.2 Å². The van der Waals surface area contributed by atoms with Crippen molar-refractivity contribution in [2.24, 2.45) is 0 Å². The number of carbonyl (C=O) groups is 1. The zero-order valence-electron chi connectivity index (χ0n) is 14.9. The molecule has 1 aromatic carbocycles. The van der Waals surface area contributed by atoms with Gasteiger partial charge in [-0.05, 0) is 19.1 Å². The number of amides is 1. The first-order valence-corrected chi connectivity index (χ1v) is 8.26. The van der Waals surface area contributed by atoms with Gasteiger partial charge in [0.05, 0.1) is 25.8 Å². The predicted octanol–water partition coefficient (Wildman–Crippen LogP) is 0.677. The quantitative estimate of drug-likeness (QED) is 0.590. The smallest absolute Gasteiger partial charge is 0.325 e. The maximum Gasteiger partial charge on any atom is 0.325 e. The Morgan fingerprint density at radius 1 is 1.33 bits per heavy atom. The summed E-state index contributed by atoms with van der Waals surface area (Å²) < 4.78 is 7.00. The van der Waals surface area contributed by atoms with Gasteiger partial charge in [0.2, 0.25) is 5.91 Å². The maximum atomic E-state index is 12.2. The molecule has 0 unspecified atom stereocenters. The second-order valence-electron chi connectivity index (χ2n) is 5.95. The third-order valence-electron chi connectivity index (χ3n) is 4.06. The van der Waals surface area contributed by atoms with Crippen molar-refractivity contribution in [3.8, 4) is 11.4 Å². The van der Waals surface area contributed by atoms with Gasteiger partial charge in [0, 0.05) is 23.5 Å². The predicted molar refractivity (Wildman–Crippen MR) is 98.1 cm³/mol. The Balaban J connectivity index is 1.70. The number of nitrogens with zero attached hydrogens (tertiary/aromatic N) is 2. The Hall–Kier alpha value is -3.62. The molecule has 0 spiro atoms. The summed E-state index contributed by atoms with van der Waals surface area (Å²) in [6, 6.07) is 7.15. The molecule has 140 valence electrons. The third-order valence-corrected chi connectivity index (χ3v) is 4.06. The van der Waals surface area contributed by atoms with Gasteiger partial charge in [-0.2, -0.15) is 5.10 Å². The van der Waals surface area contributed by atoms with Gasteiger partial charge in [-0.25, -0.2) is 9.48 Å². The summed E-state index contributed by atoms with van der Waals surface area (Å²) >= 11 is 0. The Bertz CT molecular complexity index is 1070. The van der Waals surface area contributed by atoms with Crippen molar-refractivity contribution in [1.29, 1.82) is 0 Å². The molecule has 1 atom stereocenters. The number of aromatic nitrogens is 4. The highest BCUT2D eigenvalue weighted by atomic mass is 16.5. The maximum absolute atomic E-state index is 12.2. The second-order valence-corrected chi connectivity index (χ2v) is 5.95. The molecule has 3 N–H and O–H groups in total. The molecule has 1 amide bonds. The van der Waals surface area contributed by atoms with Crippen LogP contribution in [-0.2, 0) is 11.2 Å². The minimum atomic E-state index is -0.610. The van der Waals surface area contributed by atoms with Crippen LogP contribution < -0.4 is 21.3 Å². The van der Waals surface area contributed by atoms with Crippen LogP contribution in [0.15, 0.2) is 52.4 Å². The van der Waals surface area contributed by atoms with E-state index in [1.165, 1.54) is 6.20 Å². The molecule has 2 aromatic heterocycles. The van der Waals surface area contributed by atoms with Crippen LogP contribution in [0, 0.1) is 0 Å². The molecule has 0 fully saturated rings. The van der Waals surface area contributed by atoms with Crippen LogP contribution in [-0.4, -0.2) is 32.8 Å². The average molecular weight is 369 g/mol. The fourth-order valence-electron chi connectivity index (χ4n) is 2.63. The van der Waals surface area contributed by atoms with E-state index in [2.05, 4.69) is 20.4 Å². The molecular weight excluding hydrogens is 350 g/mol. The Morgan fingerprint density at radius 3 is 2.85 bits per heavy atom. The molecule has 0 saturated heterocycles. The van der Waals surface area contributed by atoms with E-state index >= 15 is 0 Å². The van der Waals surface area contributed by atoms with E-state index in [-0.39, 0.29) is 23.9 Å². The van der Waals surface area contributed by atoms with Crippen molar-refractivity contribution in [2.75, 3.05) is 7.11 Å². The zero-order valence-corrected chi connectivity index (χ0v) is 14.9. The lowest BCUT2D eigenvalue weighted by Gasteiger charge is -2.12. The Morgan fingerprint density at radius 2 is 2.11 bits per heavy atom. The SMILES string of the molecule is COc1ccccc1-n1cc([C@H](C)NC(=O)Cc2c[nH]c(=O)[nH]c2=O)cn1. The summed E-state index contributed by atoms with van der Waals surface area (Å²) in [7, 11) is 1.59. The van der Waals surface area contributed by atoms with Crippen LogP contribution in [0.4, 0.5) is 0 Å². The van der Waals surface area contributed by atoms with Crippen LogP contribution in [0.2, 0.25) is 0 Å². The molecule has 0 bridgehead atoms. The van der Waals surface area contributed by atoms with Crippen molar-refractivity contribution >= 4 is 5.91 Å². The minimum Gasteiger partial charge on any atom is -0.494 e. The molecule has 27 heavy (non-hydrogen) atoms. The van der Waals surface area contributed by atoms with Crippen molar-refractivity contribution in [2.45, 2.75) is 19.4 Å². The van der Waals surface area contributed by atoms with Gasteiger partial charge in [-0.1, -0.05) is 12.1 Å². The van der Waals surface area contributed by atoms with Gasteiger partial charge >= 0.3 is 5.69 Å². The lowest BCUT2D eigenvalue weighted by molar-refractivity contribution is -0.121. The van der Waals surface area contributed by atoms with Crippen molar-refractivity contribution in [1.82, 2.24) is 25.1 Å².